The van der Waals surface area contributed by atoms with E-state index in [1.807, 2.05) is 0 Å². The molecule has 0 aliphatic carbocycles. The average molecular weight is 262 g/mol. The lowest BCUT2D eigenvalue weighted by molar-refractivity contribution is 0.0691. The molecule has 0 spiro atoms. The average Bonchev–Trinajstić information content (AvgIpc) is 2.36. The van der Waals surface area contributed by atoms with Crippen molar-refractivity contribution >= 4 is 5.97 Å². The van der Waals surface area contributed by atoms with Crippen LogP contribution in [0, 0.1) is 12.7 Å². The van der Waals surface area contributed by atoms with Crippen molar-refractivity contribution in [2.75, 3.05) is 0 Å². The molecule has 0 fully saturated rings. The zero-order chi connectivity index (χ0) is 14.0. The Kier molecular flexibility index (Phi) is 3.41. The number of carboxylic acid groups (broad SMARTS) is 1. The molecule has 1 N–H and O–H groups in total. The van der Waals surface area contributed by atoms with Crippen molar-refractivity contribution in [3.63, 3.8) is 0 Å². The fraction of sp³-hybridized carbons (Fsp3) is 0.154. The van der Waals surface area contributed by atoms with Gasteiger partial charge in [-0.2, -0.15) is 5.10 Å². The number of benzene rings is 1. The molecule has 0 saturated heterocycles. The fourth-order valence-electron chi connectivity index (χ4n) is 1.67. The second-order valence-corrected chi connectivity index (χ2v) is 4.09. The summed E-state index contributed by atoms with van der Waals surface area (Å²) in [6.45, 7) is 1.84. The zero-order valence-electron chi connectivity index (χ0n) is 10.1. The fourth-order valence-corrected chi connectivity index (χ4v) is 1.67. The minimum Gasteiger partial charge on any atom is -0.478 e. The van der Waals surface area contributed by atoms with E-state index in [1.54, 1.807) is 13.0 Å². The number of rotatable bonds is 3. The molecule has 0 aliphatic rings. The lowest BCUT2D eigenvalue weighted by Gasteiger charge is -2.06. The minimum atomic E-state index is -1.34. The third kappa shape index (κ3) is 2.85. The number of carboxylic acids is 1. The molecule has 0 amide bonds. The van der Waals surface area contributed by atoms with Crippen LogP contribution in [0.3, 0.4) is 0 Å². The Balaban J connectivity index is 2.39. The third-order valence-electron chi connectivity index (χ3n) is 2.59. The summed E-state index contributed by atoms with van der Waals surface area (Å²) in [6, 6.07) is 6.67. The van der Waals surface area contributed by atoms with E-state index in [1.165, 1.54) is 22.9 Å². The molecule has 0 unspecified atom stereocenters. The number of aryl methyl sites for hydroxylation is 1. The Hall–Kier alpha value is -2.50. The van der Waals surface area contributed by atoms with Gasteiger partial charge in [0, 0.05) is 6.07 Å². The van der Waals surface area contributed by atoms with E-state index in [9.17, 15) is 14.0 Å². The van der Waals surface area contributed by atoms with E-state index in [-0.39, 0.29) is 12.1 Å². The number of carbonyl (C=O) groups is 1. The summed E-state index contributed by atoms with van der Waals surface area (Å²) < 4.78 is 14.4. The summed E-state index contributed by atoms with van der Waals surface area (Å²) in [6.07, 6.45) is 0. The van der Waals surface area contributed by atoms with Gasteiger partial charge in [-0.05, 0) is 30.7 Å². The van der Waals surface area contributed by atoms with Gasteiger partial charge in [0.15, 0.2) is 0 Å². The second kappa shape index (κ2) is 5.01. The maximum absolute atomic E-state index is 13.2. The van der Waals surface area contributed by atoms with Gasteiger partial charge in [-0.15, -0.1) is 0 Å². The van der Waals surface area contributed by atoms with E-state index in [2.05, 4.69) is 5.10 Å². The molecule has 2 rings (SSSR count). The summed E-state index contributed by atoms with van der Waals surface area (Å²) in [5.41, 5.74) is 0.448. The topological polar surface area (TPSA) is 72.2 Å². The summed E-state index contributed by atoms with van der Waals surface area (Å²) in [5, 5.41) is 12.9. The molecular weight excluding hydrogens is 251 g/mol. The van der Waals surface area contributed by atoms with Crippen LogP contribution in [-0.4, -0.2) is 20.9 Å². The molecule has 19 heavy (non-hydrogen) atoms. The molecule has 0 radical (unpaired) electrons. The van der Waals surface area contributed by atoms with Crippen molar-refractivity contribution in [2.45, 2.75) is 13.5 Å². The molecule has 98 valence electrons. The number of hydrogen-bond donors (Lipinski definition) is 1. The molecule has 2 aromatic rings. The van der Waals surface area contributed by atoms with Crippen LogP contribution in [0.25, 0.3) is 0 Å². The number of hydrogen-bond acceptors (Lipinski definition) is 3. The van der Waals surface area contributed by atoms with Crippen LogP contribution < -0.4 is 5.56 Å². The van der Waals surface area contributed by atoms with Crippen molar-refractivity contribution < 1.29 is 14.3 Å². The number of halogens is 1. The smallest absolute Gasteiger partial charge is 0.338 e. The summed E-state index contributed by atoms with van der Waals surface area (Å²) in [5.74, 6) is -2.15. The molecule has 0 aliphatic heterocycles. The van der Waals surface area contributed by atoms with E-state index >= 15 is 0 Å². The van der Waals surface area contributed by atoms with Crippen molar-refractivity contribution in [2.24, 2.45) is 0 Å². The van der Waals surface area contributed by atoms with Crippen LogP contribution in [-0.2, 0) is 6.54 Å². The highest BCUT2D eigenvalue weighted by Crippen LogP contribution is 2.11. The Labute approximate surface area is 107 Å². The standard InChI is InChI=1S/C13H11FN2O3/c1-8-2-5-12(17)16(15-8)7-9-3-4-11(14)10(6-9)13(18)19/h2-6H,7H2,1H3,(H,18,19). The predicted octanol–water partition coefficient (Wildman–Crippen LogP) is 1.44. The van der Waals surface area contributed by atoms with Gasteiger partial charge in [0.2, 0.25) is 0 Å². The SMILES string of the molecule is Cc1ccc(=O)n(Cc2ccc(F)c(C(=O)O)c2)n1. The maximum atomic E-state index is 13.2. The van der Waals surface area contributed by atoms with Gasteiger partial charge in [0.25, 0.3) is 5.56 Å². The summed E-state index contributed by atoms with van der Waals surface area (Å²) >= 11 is 0. The van der Waals surface area contributed by atoms with Gasteiger partial charge >= 0.3 is 5.97 Å². The van der Waals surface area contributed by atoms with Gasteiger partial charge in [-0.3, -0.25) is 4.79 Å². The number of nitrogens with zero attached hydrogens (tertiary/aromatic N) is 2. The van der Waals surface area contributed by atoms with Gasteiger partial charge in [-0.25, -0.2) is 13.9 Å². The molecule has 1 heterocycles. The second-order valence-electron chi connectivity index (χ2n) is 4.09. The zero-order valence-corrected chi connectivity index (χ0v) is 10.1. The highest BCUT2D eigenvalue weighted by atomic mass is 19.1. The van der Waals surface area contributed by atoms with Crippen LogP contribution in [0.5, 0.6) is 0 Å². The summed E-state index contributed by atoms with van der Waals surface area (Å²) in [7, 11) is 0. The predicted molar refractivity (Wildman–Crippen MR) is 65.7 cm³/mol. The van der Waals surface area contributed by atoms with Crippen LogP contribution >= 0.6 is 0 Å². The first kappa shape index (κ1) is 12.9. The maximum Gasteiger partial charge on any atom is 0.338 e. The monoisotopic (exact) mass is 262 g/mol. The first-order valence-corrected chi connectivity index (χ1v) is 5.54. The molecule has 5 nitrogen and oxygen atoms in total. The van der Waals surface area contributed by atoms with Crippen molar-refractivity contribution in [3.05, 3.63) is 63.3 Å². The van der Waals surface area contributed by atoms with Gasteiger partial charge in [0.1, 0.15) is 5.82 Å². The van der Waals surface area contributed by atoms with E-state index in [0.717, 1.165) is 6.07 Å². The quantitative estimate of drug-likeness (QED) is 0.908. The van der Waals surface area contributed by atoms with Crippen molar-refractivity contribution in [1.29, 1.82) is 0 Å². The van der Waals surface area contributed by atoms with Gasteiger partial charge in [0.05, 0.1) is 17.8 Å². The first-order chi connectivity index (χ1) is 8.97. The van der Waals surface area contributed by atoms with Crippen LogP contribution in [0.1, 0.15) is 21.6 Å². The normalized spacial score (nSPS) is 10.4. The lowest BCUT2D eigenvalue weighted by Crippen LogP contribution is -2.23. The van der Waals surface area contributed by atoms with E-state index in [0.29, 0.717) is 11.3 Å². The van der Waals surface area contributed by atoms with Gasteiger partial charge < -0.3 is 5.11 Å². The molecule has 0 saturated carbocycles. The van der Waals surface area contributed by atoms with Crippen LogP contribution in [0.15, 0.2) is 35.1 Å². The minimum absolute atomic E-state index is 0.0983. The van der Waals surface area contributed by atoms with Crippen LogP contribution in [0.4, 0.5) is 4.39 Å². The highest BCUT2D eigenvalue weighted by molar-refractivity contribution is 5.88. The Morgan fingerprint density at radius 2 is 2.11 bits per heavy atom. The Morgan fingerprint density at radius 1 is 1.37 bits per heavy atom. The van der Waals surface area contributed by atoms with Crippen molar-refractivity contribution in [1.82, 2.24) is 9.78 Å². The lowest BCUT2D eigenvalue weighted by atomic mass is 10.1. The molecule has 1 aromatic carbocycles. The highest BCUT2D eigenvalue weighted by Gasteiger charge is 2.11. The molecule has 1 aromatic heterocycles. The first-order valence-electron chi connectivity index (χ1n) is 5.54. The van der Waals surface area contributed by atoms with E-state index < -0.39 is 17.3 Å². The molecule has 6 heteroatoms. The molecular formula is C13H11FN2O3. The van der Waals surface area contributed by atoms with Crippen molar-refractivity contribution in [3.8, 4) is 0 Å². The molecule has 0 atom stereocenters. The van der Waals surface area contributed by atoms with E-state index in [4.69, 9.17) is 5.11 Å². The third-order valence-corrected chi connectivity index (χ3v) is 2.59. The largest absolute Gasteiger partial charge is 0.478 e. The van der Waals surface area contributed by atoms with Crippen LogP contribution in [0.2, 0.25) is 0 Å². The Bertz CT molecular complexity index is 695. The van der Waals surface area contributed by atoms with Gasteiger partial charge in [-0.1, -0.05) is 6.07 Å². The number of aromatic nitrogens is 2. The summed E-state index contributed by atoms with van der Waals surface area (Å²) in [4.78, 5) is 22.4. The number of aromatic carboxylic acids is 1. The Morgan fingerprint density at radius 3 is 2.79 bits per heavy atom. The molecule has 0 bridgehead atoms.